The first-order valence-electron chi connectivity index (χ1n) is 5.54. The van der Waals surface area contributed by atoms with Gasteiger partial charge in [-0.2, -0.15) is 0 Å². The number of esters is 1. The third-order valence-electron chi connectivity index (χ3n) is 2.23. The van der Waals surface area contributed by atoms with Crippen molar-refractivity contribution in [3.63, 3.8) is 0 Å². The van der Waals surface area contributed by atoms with Crippen molar-refractivity contribution in [2.75, 3.05) is 19.0 Å². The van der Waals surface area contributed by atoms with Gasteiger partial charge in [-0.15, -0.1) is 0 Å². The smallest absolute Gasteiger partial charge is 0.397 e. The fourth-order valence-electron chi connectivity index (χ4n) is 1.41. The maximum atomic E-state index is 11.5. The normalized spacial score (nSPS) is 11.7. The summed E-state index contributed by atoms with van der Waals surface area (Å²) >= 11 is 0. The van der Waals surface area contributed by atoms with Gasteiger partial charge in [-0.05, 0) is 13.0 Å². The van der Waals surface area contributed by atoms with Crippen molar-refractivity contribution >= 4 is 17.6 Å². The van der Waals surface area contributed by atoms with E-state index in [2.05, 4.69) is 14.9 Å². The second-order valence-electron chi connectivity index (χ2n) is 3.43. The minimum atomic E-state index is -1.07. The molecule has 1 rings (SSSR count). The van der Waals surface area contributed by atoms with Crippen LogP contribution in [-0.2, 0) is 24.0 Å². The molecule has 0 aromatic heterocycles. The van der Waals surface area contributed by atoms with E-state index in [1.54, 1.807) is 25.1 Å². The van der Waals surface area contributed by atoms with Gasteiger partial charge < -0.3 is 14.8 Å². The maximum Gasteiger partial charge on any atom is 0.397 e. The Bertz CT molecular complexity index is 444. The molecular weight excluding hydrogens is 254 g/mol. The van der Waals surface area contributed by atoms with Gasteiger partial charge in [-0.25, -0.2) is 14.9 Å². The predicted molar refractivity (Wildman–Crippen MR) is 65.2 cm³/mol. The molecule has 7 heteroatoms. The molecule has 0 aliphatic heterocycles. The number of carbonyl (C=O) groups is 2. The van der Waals surface area contributed by atoms with E-state index in [-0.39, 0.29) is 12.3 Å². The number of ether oxygens (including phenoxy) is 2. The largest absolute Gasteiger partial charge is 0.459 e. The number of para-hydroxylation sites is 1. The summed E-state index contributed by atoms with van der Waals surface area (Å²) in [6.07, 6.45) is -1.07. The summed E-state index contributed by atoms with van der Waals surface area (Å²) in [4.78, 5) is 26.9. The zero-order chi connectivity index (χ0) is 14.3. The number of benzene rings is 1. The second kappa shape index (κ2) is 7.47. The van der Waals surface area contributed by atoms with Gasteiger partial charge in [0.2, 0.25) is 6.29 Å². The van der Waals surface area contributed by atoms with Gasteiger partial charge >= 0.3 is 11.9 Å². The monoisotopic (exact) mass is 269 g/mol. The molecule has 2 N–H and O–H groups in total. The Hall–Kier alpha value is -1.96. The summed E-state index contributed by atoms with van der Waals surface area (Å²) in [7, 11) is 1.32. The van der Waals surface area contributed by atoms with Crippen LogP contribution in [0.25, 0.3) is 0 Å². The van der Waals surface area contributed by atoms with Crippen molar-refractivity contribution in [2.24, 2.45) is 0 Å². The van der Waals surface area contributed by atoms with Gasteiger partial charge in [-0.3, -0.25) is 4.79 Å². The van der Waals surface area contributed by atoms with Crippen molar-refractivity contribution in [3.8, 4) is 0 Å². The third-order valence-corrected chi connectivity index (χ3v) is 2.23. The average molecular weight is 269 g/mol. The van der Waals surface area contributed by atoms with E-state index in [4.69, 9.17) is 9.99 Å². The molecule has 0 saturated heterocycles. The van der Waals surface area contributed by atoms with Gasteiger partial charge in [0, 0.05) is 18.4 Å². The number of amides is 1. The number of rotatable bonds is 5. The minimum Gasteiger partial charge on any atom is -0.459 e. The third kappa shape index (κ3) is 4.02. The first kappa shape index (κ1) is 15.1. The molecular formula is C12H15NO6. The van der Waals surface area contributed by atoms with Crippen LogP contribution in [0.3, 0.4) is 0 Å². The molecule has 1 unspecified atom stereocenters. The molecule has 104 valence electrons. The van der Waals surface area contributed by atoms with E-state index in [1.165, 1.54) is 13.2 Å². The minimum absolute atomic E-state index is 0.106. The quantitative estimate of drug-likeness (QED) is 0.275. The van der Waals surface area contributed by atoms with Crippen LogP contribution >= 0.6 is 0 Å². The Morgan fingerprint density at radius 1 is 1.37 bits per heavy atom. The molecule has 1 amide bonds. The number of hydrogen-bond acceptors (Lipinski definition) is 6. The first-order chi connectivity index (χ1) is 9.13. The van der Waals surface area contributed by atoms with Crippen LogP contribution in [0.1, 0.15) is 18.8 Å². The van der Waals surface area contributed by atoms with Gasteiger partial charge in [0.05, 0.1) is 6.61 Å². The highest BCUT2D eigenvalue weighted by atomic mass is 17.1. The first-order valence-corrected chi connectivity index (χ1v) is 5.54. The SMILES string of the molecule is CCOC(=O)C(=O)Nc1ccccc1C(OC)OO. The van der Waals surface area contributed by atoms with E-state index in [9.17, 15) is 9.59 Å². The van der Waals surface area contributed by atoms with Crippen LogP contribution in [0, 0.1) is 0 Å². The topological polar surface area (TPSA) is 94.1 Å². The highest BCUT2D eigenvalue weighted by Crippen LogP contribution is 2.25. The molecule has 1 aromatic rings. The summed E-state index contributed by atoms with van der Waals surface area (Å²) in [6.45, 7) is 1.70. The zero-order valence-electron chi connectivity index (χ0n) is 10.6. The molecule has 1 aromatic carbocycles. The van der Waals surface area contributed by atoms with Crippen LogP contribution < -0.4 is 5.32 Å². The molecule has 0 fully saturated rings. The molecule has 7 nitrogen and oxygen atoms in total. The molecule has 0 radical (unpaired) electrons. The van der Waals surface area contributed by atoms with E-state index >= 15 is 0 Å². The van der Waals surface area contributed by atoms with Crippen molar-refractivity contribution in [1.82, 2.24) is 0 Å². The van der Waals surface area contributed by atoms with Crippen LogP contribution in [0.15, 0.2) is 24.3 Å². The number of nitrogens with one attached hydrogen (secondary N) is 1. The molecule has 0 bridgehead atoms. The lowest BCUT2D eigenvalue weighted by atomic mass is 10.1. The maximum absolute atomic E-state index is 11.5. The molecule has 0 spiro atoms. The highest BCUT2D eigenvalue weighted by molar-refractivity contribution is 6.37. The molecule has 0 heterocycles. The molecule has 0 aliphatic rings. The van der Waals surface area contributed by atoms with E-state index in [0.717, 1.165) is 0 Å². The standard InChI is InChI=1S/C12H15NO6/c1-3-18-11(15)10(14)13-9-7-5-4-6-8(9)12(17-2)19-16/h4-7,12,16H,3H2,1-2H3,(H,13,14). The summed E-state index contributed by atoms with van der Waals surface area (Å²) < 4.78 is 9.44. The van der Waals surface area contributed by atoms with E-state index in [0.29, 0.717) is 5.56 Å². The Balaban J connectivity index is 2.89. The lowest BCUT2D eigenvalue weighted by Gasteiger charge is -2.16. The fourth-order valence-corrected chi connectivity index (χ4v) is 1.41. The van der Waals surface area contributed by atoms with Crippen molar-refractivity contribution in [3.05, 3.63) is 29.8 Å². The Labute approximate surface area is 110 Å². The fraction of sp³-hybridized carbons (Fsp3) is 0.333. The second-order valence-corrected chi connectivity index (χ2v) is 3.43. The number of methoxy groups -OCH3 is 1. The summed E-state index contributed by atoms with van der Waals surface area (Å²) in [5.74, 6) is -1.90. The average Bonchev–Trinajstić information content (AvgIpc) is 2.42. The van der Waals surface area contributed by atoms with Crippen molar-refractivity contribution < 1.29 is 29.2 Å². The lowest BCUT2D eigenvalue weighted by Crippen LogP contribution is -2.26. The Morgan fingerprint density at radius 2 is 2.05 bits per heavy atom. The van der Waals surface area contributed by atoms with E-state index < -0.39 is 18.2 Å². The van der Waals surface area contributed by atoms with Crippen LogP contribution in [0.5, 0.6) is 0 Å². The van der Waals surface area contributed by atoms with E-state index in [1.807, 2.05) is 0 Å². The van der Waals surface area contributed by atoms with Crippen molar-refractivity contribution in [2.45, 2.75) is 13.2 Å². The van der Waals surface area contributed by atoms with Crippen LogP contribution in [-0.4, -0.2) is 30.9 Å². The molecule has 19 heavy (non-hydrogen) atoms. The highest BCUT2D eigenvalue weighted by Gasteiger charge is 2.20. The van der Waals surface area contributed by atoms with Crippen LogP contribution in [0.4, 0.5) is 5.69 Å². The lowest BCUT2D eigenvalue weighted by molar-refractivity contribution is -0.345. The van der Waals surface area contributed by atoms with Crippen LogP contribution in [0.2, 0.25) is 0 Å². The van der Waals surface area contributed by atoms with Gasteiger partial charge in [0.15, 0.2) is 0 Å². The summed E-state index contributed by atoms with van der Waals surface area (Å²) in [5.41, 5.74) is 0.645. The summed E-state index contributed by atoms with van der Waals surface area (Å²) in [6, 6.07) is 6.43. The number of carbonyl (C=O) groups excluding carboxylic acids is 2. The molecule has 0 aliphatic carbocycles. The number of anilines is 1. The van der Waals surface area contributed by atoms with Gasteiger partial charge in [0.1, 0.15) is 0 Å². The predicted octanol–water partition coefficient (Wildman–Crippen LogP) is 1.32. The molecule has 1 atom stereocenters. The van der Waals surface area contributed by atoms with Crippen molar-refractivity contribution in [1.29, 1.82) is 0 Å². The zero-order valence-corrected chi connectivity index (χ0v) is 10.6. The van der Waals surface area contributed by atoms with Gasteiger partial charge in [-0.1, -0.05) is 18.2 Å². The van der Waals surface area contributed by atoms with Gasteiger partial charge in [0.25, 0.3) is 0 Å². The number of hydrogen-bond donors (Lipinski definition) is 2. The Kier molecular flexibility index (Phi) is 5.94. The Morgan fingerprint density at radius 3 is 2.63 bits per heavy atom. The molecule has 0 saturated carbocycles. The summed E-state index contributed by atoms with van der Waals surface area (Å²) in [5, 5.41) is 11.1.